The molecule has 0 aliphatic carbocycles. The molecule has 7 heteroatoms. The quantitative estimate of drug-likeness (QED) is 0.907. The molecule has 1 aromatic rings. The Kier molecular flexibility index (Phi) is 5.04. The van der Waals surface area contributed by atoms with E-state index in [0.717, 1.165) is 6.42 Å². The molecule has 114 valence electrons. The van der Waals surface area contributed by atoms with Gasteiger partial charge in [0.1, 0.15) is 0 Å². The summed E-state index contributed by atoms with van der Waals surface area (Å²) < 4.78 is 44.2. The molecule has 1 saturated heterocycles. The van der Waals surface area contributed by atoms with Crippen LogP contribution in [-0.2, 0) is 23.9 Å². The fraction of sp³-hybridized carbons (Fsp3) is 0.769. The minimum Gasteiger partial charge on any atom is -0.381 e. The van der Waals surface area contributed by atoms with Crippen LogP contribution in [0.5, 0.6) is 0 Å². The van der Waals surface area contributed by atoms with Crippen molar-refractivity contribution in [2.45, 2.75) is 45.5 Å². The lowest BCUT2D eigenvalue weighted by atomic mass is 10.1. The number of nitrogens with zero attached hydrogens (tertiary/aromatic N) is 1. The molecule has 1 aliphatic heterocycles. The van der Waals surface area contributed by atoms with Crippen LogP contribution in [-0.4, -0.2) is 24.2 Å². The van der Waals surface area contributed by atoms with Gasteiger partial charge in [0.25, 0.3) is 0 Å². The SMILES string of the molecule is CC(C)NCc1sc(CC2CCOC2)nc1C(F)(F)F. The standard InChI is InChI=1S/C13H19F3N2OS/c1-8(2)17-6-10-12(13(14,15)16)18-11(20-10)5-9-3-4-19-7-9/h8-9,17H,3-7H2,1-2H3. The molecule has 1 aliphatic rings. The minimum absolute atomic E-state index is 0.143. The highest BCUT2D eigenvalue weighted by Crippen LogP contribution is 2.35. The van der Waals surface area contributed by atoms with Crippen LogP contribution in [0.4, 0.5) is 13.2 Å². The number of rotatable bonds is 5. The van der Waals surface area contributed by atoms with Gasteiger partial charge in [-0.05, 0) is 12.3 Å². The van der Waals surface area contributed by atoms with Crippen molar-refractivity contribution < 1.29 is 17.9 Å². The molecule has 1 unspecified atom stereocenters. The molecule has 3 nitrogen and oxygen atoms in total. The van der Waals surface area contributed by atoms with Crippen LogP contribution in [0.15, 0.2) is 0 Å². The van der Waals surface area contributed by atoms with Gasteiger partial charge in [0.2, 0.25) is 0 Å². The maximum Gasteiger partial charge on any atom is 0.434 e. The average Bonchev–Trinajstić information content (AvgIpc) is 2.95. The second-order valence-corrected chi connectivity index (χ2v) is 6.51. The van der Waals surface area contributed by atoms with Gasteiger partial charge in [-0.15, -0.1) is 11.3 Å². The molecule has 0 saturated carbocycles. The monoisotopic (exact) mass is 308 g/mol. The normalized spacial score (nSPS) is 20.0. The Hall–Kier alpha value is -0.660. The lowest BCUT2D eigenvalue weighted by Crippen LogP contribution is -2.23. The molecule has 2 heterocycles. The predicted octanol–water partition coefficient (Wildman–Crippen LogP) is 3.24. The minimum atomic E-state index is -4.38. The Morgan fingerprint density at radius 3 is 2.75 bits per heavy atom. The van der Waals surface area contributed by atoms with Crippen LogP contribution in [0.25, 0.3) is 0 Å². The van der Waals surface area contributed by atoms with Gasteiger partial charge in [0, 0.05) is 32.2 Å². The Morgan fingerprint density at radius 2 is 2.20 bits per heavy atom. The smallest absolute Gasteiger partial charge is 0.381 e. The fourth-order valence-electron chi connectivity index (χ4n) is 2.12. The summed E-state index contributed by atoms with van der Waals surface area (Å²) in [5.74, 6) is 0.299. The van der Waals surface area contributed by atoms with E-state index in [1.165, 1.54) is 11.3 Å². The van der Waals surface area contributed by atoms with Crippen molar-refractivity contribution >= 4 is 11.3 Å². The zero-order valence-corrected chi connectivity index (χ0v) is 12.4. The van der Waals surface area contributed by atoms with Gasteiger partial charge in [0.05, 0.1) is 9.88 Å². The second-order valence-electron chi connectivity index (χ2n) is 5.35. The van der Waals surface area contributed by atoms with Crippen LogP contribution in [0.3, 0.4) is 0 Å². The number of ether oxygens (including phenoxy) is 1. The summed E-state index contributed by atoms with van der Waals surface area (Å²) in [6.07, 6.45) is -2.90. The van der Waals surface area contributed by atoms with E-state index < -0.39 is 11.9 Å². The Balaban J connectivity index is 2.13. The number of alkyl halides is 3. The van der Waals surface area contributed by atoms with E-state index in [9.17, 15) is 13.2 Å². The molecule has 0 spiro atoms. The molecule has 1 atom stereocenters. The number of thiazole rings is 1. The molecule has 0 radical (unpaired) electrons. The Morgan fingerprint density at radius 1 is 1.45 bits per heavy atom. The van der Waals surface area contributed by atoms with E-state index in [4.69, 9.17) is 4.74 Å². The van der Waals surface area contributed by atoms with Crippen molar-refractivity contribution in [1.29, 1.82) is 0 Å². The molecule has 2 rings (SSSR count). The number of nitrogens with one attached hydrogen (secondary N) is 1. The highest BCUT2D eigenvalue weighted by Gasteiger charge is 2.37. The van der Waals surface area contributed by atoms with E-state index in [1.54, 1.807) is 0 Å². The summed E-state index contributed by atoms with van der Waals surface area (Å²) in [5, 5.41) is 3.59. The molecule has 0 amide bonds. The summed E-state index contributed by atoms with van der Waals surface area (Å²) in [7, 11) is 0. The van der Waals surface area contributed by atoms with Crippen molar-refractivity contribution in [1.82, 2.24) is 10.3 Å². The van der Waals surface area contributed by atoms with Crippen LogP contribution >= 0.6 is 11.3 Å². The van der Waals surface area contributed by atoms with Gasteiger partial charge < -0.3 is 10.1 Å². The van der Waals surface area contributed by atoms with Crippen molar-refractivity contribution in [2.75, 3.05) is 13.2 Å². The largest absolute Gasteiger partial charge is 0.434 e. The lowest BCUT2D eigenvalue weighted by Gasteiger charge is -2.09. The zero-order chi connectivity index (χ0) is 14.8. The molecular formula is C13H19F3N2OS. The highest BCUT2D eigenvalue weighted by molar-refractivity contribution is 7.11. The van der Waals surface area contributed by atoms with E-state index in [1.807, 2.05) is 13.8 Å². The highest BCUT2D eigenvalue weighted by atomic mass is 32.1. The Bertz CT molecular complexity index is 439. The molecule has 1 fully saturated rings. The van der Waals surface area contributed by atoms with E-state index in [2.05, 4.69) is 10.3 Å². The summed E-state index contributed by atoms with van der Waals surface area (Å²) in [6, 6.07) is 0.143. The van der Waals surface area contributed by atoms with E-state index in [0.29, 0.717) is 30.6 Å². The molecule has 0 bridgehead atoms. The van der Waals surface area contributed by atoms with Crippen molar-refractivity contribution in [3.8, 4) is 0 Å². The van der Waals surface area contributed by atoms with E-state index in [-0.39, 0.29) is 17.5 Å². The van der Waals surface area contributed by atoms with Gasteiger partial charge in [-0.25, -0.2) is 4.98 Å². The predicted molar refractivity (Wildman–Crippen MR) is 71.7 cm³/mol. The molecular weight excluding hydrogens is 289 g/mol. The maximum absolute atomic E-state index is 13.0. The molecule has 0 aromatic carbocycles. The van der Waals surface area contributed by atoms with Crippen molar-refractivity contribution in [2.24, 2.45) is 5.92 Å². The maximum atomic E-state index is 13.0. The van der Waals surface area contributed by atoms with Gasteiger partial charge >= 0.3 is 6.18 Å². The third-order valence-corrected chi connectivity index (χ3v) is 4.25. The molecule has 1 aromatic heterocycles. The summed E-state index contributed by atoms with van der Waals surface area (Å²) in [6.45, 7) is 5.35. The zero-order valence-electron chi connectivity index (χ0n) is 11.6. The van der Waals surface area contributed by atoms with Crippen LogP contribution in [0.1, 0.15) is 35.8 Å². The number of hydrogen-bond acceptors (Lipinski definition) is 4. The Labute approximate surface area is 120 Å². The first-order chi connectivity index (χ1) is 9.36. The third kappa shape index (κ3) is 4.17. The summed E-state index contributed by atoms with van der Waals surface area (Å²) >= 11 is 1.17. The summed E-state index contributed by atoms with van der Waals surface area (Å²) in [4.78, 5) is 4.10. The topological polar surface area (TPSA) is 34.1 Å². The molecule has 1 N–H and O–H groups in total. The van der Waals surface area contributed by atoms with Gasteiger partial charge in [-0.2, -0.15) is 13.2 Å². The van der Waals surface area contributed by atoms with E-state index >= 15 is 0 Å². The van der Waals surface area contributed by atoms with Crippen LogP contribution in [0.2, 0.25) is 0 Å². The first-order valence-corrected chi connectivity index (χ1v) is 7.55. The second kappa shape index (κ2) is 6.41. The molecule has 20 heavy (non-hydrogen) atoms. The first kappa shape index (κ1) is 15.7. The van der Waals surface area contributed by atoms with Crippen LogP contribution < -0.4 is 5.32 Å². The van der Waals surface area contributed by atoms with Crippen molar-refractivity contribution in [3.05, 3.63) is 15.6 Å². The van der Waals surface area contributed by atoms with Gasteiger partial charge in [-0.3, -0.25) is 0 Å². The van der Waals surface area contributed by atoms with Gasteiger partial charge in [0.15, 0.2) is 5.69 Å². The number of hydrogen-bond donors (Lipinski definition) is 1. The lowest BCUT2D eigenvalue weighted by molar-refractivity contribution is -0.141. The number of aromatic nitrogens is 1. The number of halogens is 3. The summed E-state index contributed by atoms with van der Waals surface area (Å²) in [5.41, 5.74) is -0.732. The van der Waals surface area contributed by atoms with Gasteiger partial charge in [-0.1, -0.05) is 13.8 Å². The average molecular weight is 308 g/mol. The van der Waals surface area contributed by atoms with Crippen molar-refractivity contribution in [3.63, 3.8) is 0 Å². The first-order valence-electron chi connectivity index (χ1n) is 6.73. The fourth-order valence-corrected chi connectivity index (χ4v) is 3.27. The third-order valence-electron chi connectivity index (χ3n) is 3.17. The van der Waals surface area contributed by atoms with Crippen LogP contribution in [0, 0.1) is 5.92 Å².